The van der Waals surface area contributed by atoms with Crippen molar-refractivity contribution in [1.29, 1.82) is 0 Å². The Morgan fingerprint density at radius 1 is 1.04 bits per heavy atom. The molecule has 0 aliphatic heterocycles. The maximum Gasteiger partial charge on any atom is 0.141 e. The van der Waals surface area contributed by atoms with Crippen LogP contribution in [0, 0.1) is 11.8 Å². The van der Waals surface area contributed by atoms with Crippen LogP contribution in [0.1, 0.15) is 49.8 Å². The molecule has 1 fully saturated rings. The van der Waals surface area contributed by atoms with Gasteiger partial charge in [-0.25, -0.2) is 0 Å². The van der Waals surface area contributed by atoms with Gasteiger partial charge in [0.15, 0.2) is 0 Å². The van der Waals surface area contributed by atoms with Crippen molar-refractivity contribution >= 4 is 0 Å². The first kappa shape index (κ1) is 16.8. The molecule has 2 heteroatoms. The third-order valence-corrected chi connectivity index (χ3v) is 4.83. The van der Waals surface area contributed by atoms with Gasteiger partial charge < -0.3 is 10.4 Å². The van der Waals surface area contributed by atoms with E-state index < -0.39 is 5.60 Å². The summed E-state index contributed by atoms with van der Waals surface area (Å²) in [5.41, 5.74) is 1.23. The zero-order valence-electron chi connectivity index (χ0n) is 14.2. The molecule has 3 atom stereocenters. The van der Waals surface area contributed by atoms with Gasteiger partial charge in [-0.1, -0.05) is 66.8 Å². The lowest BCUT2D eigenvalue weighted by atomic mass is 9.80. The van der Waals surface area contributed by atoms with Crippen LogP contribution in [0.15, 0.2) is 60.7 Å². The molecule has 0 radical (unpaired) electrons. The lowest BCUT2D eigenvalue weighted by Gasteiger charge is -2.38. The fourth-order valence-electron chi connectivity index (χ4n) is 3.37. The lowest BCUT2D eigenvalue weighted by molar-refractivity contribution is 0.0221. The molecule has 2 aromatic rings. The van der Waals surface area contributed by atoms with Crippen LogP contribution in [-0.2, 0) is 0 Å². The Labute approximate surface area is 144 Å². The standard InChI is InChI=1S/C22H25NO/c1-18(20-12-6-3-7-13-20)23-21-14-8-9-16-22(21,24)17-15-19-10-4-2-5-11-19/h2-7,10-13,18,21,23-24H,8-9,14,16H2,1H3/t18-,21-,22+/m0/s1. The van der Waals surface area contributed by atoms with Gasteiger partial charge in [-0.15, -0.1) is 0 Å². The van der Waals surface area contributed by atoms with E-state index in [1.807, 2.05) is 36.4 Å². The summed E-state index contributed by atoms with van der Waals surface area (Å²) in [7, 11) is 0. The van der Waals surface area contributed by atoms with Crippen molar-refractivity contribution in [2.45, 2.75) is 50.3 Å². The summed E-state index contributed by atoms with van der Waals surface area (Å²) in [6, 6.07) is 20.4. The molecular weight excluding hydrogens is 294 g/mol. The molecule has 0 unspecified atom stereocenters. The maximum absolute atomic E-state index is 11.2. The zero-order chi connectivity index (χ0) is 16.8. The average molecular weight is 319 g/mol. The first-order chi connectivity index (χ1) is 11.7. The van der Waals surface area contributed by atoms with Crippen molar-refractivity contribution in [3.8, 4) is 11.8 Å². The number of hydrogen-bond donors (Lipinski definition) is 2. The van der Waals surface area contributed by atoms with Crippen molar-refractivity contribution in [1.82, 2.24) is 5.32 Å². The Bertz CT molecular complexity index is 701. The molecule has 0 saturated heterocycles. The summed E-state index contributed by atoms with van der Waals surface area (Å²) >= 11 is 0. The quantitative estimate of drug-likeness (QED) is 0.836. The Kier molecular flexibility index (Phi) is 5.35. The highest BCUT2D eigenvalue weighted by Gasteiger charge is 2.38. The molecule has 2 aromatic carbocycles. The van der Waals surface area contributed by atoms with Crippen LogP contribution in [-0.4, -0.2) is 16.7 Å². The number of aliphatic hydroxyl groups is 1. The van der Waals surface area contributed by atoms with E-state index in [0.717, 1.165) is 31.2 Å². The molecule has 24 heavy (non-hydrogen) atoms. The van der Waals surface area contributed by atoms with E-state index in [4.69, 9.17) is 0 Å². The molecule has 0 heterocycles. The predicted octanol–water partition coefficient (Wildman–Crippen LogP) is 4.06. The van der Waals surface area contributed by atoms with E-state index >= 15 is 0 Å². The fourth-order valence-corrected chi connectivity index (χ4v) is 3.37. The summed E-state index contributed by atoms with van der Waals surface area (Å²) in [5.74, 6) is 6.32. The van der Waals surface area contributed by atoms with Gasteiger partial charge in [-0.2, -0.15) is 0 Å². The number of hydrogen-bond acceptors (Lipinski definition) is 2. The van der Waals surface area contributed by atoms with E-state index in [1.54, 1.807) is 0 Å². The van der Waals surface area contributed by atoms with Crippen LogP contribution in [0.2, 0.25) is 0 Å². The van der Waals surface area contributed by atoms with E-state index in [-0.39, 0.29) is 12.1 Å². The van der Waals surface area contributed by atoms with Crippen molar-refractivity contribution in [2.24, 2.45) is 0 Å². The number of benzene rings is 2. The Hall–Kier alpha value is -2.08. The molecule has 0 spiro atoms. The van der Waals surface area contributed by atoms with Gasteiger partial charge in [0.2, 0.25) is 0 Å². The van der Waals surface area contributed by atoms with Crippen molar-refractivity contribution in [3.63, 3.8) is 0 Å². The molecule has 0 bridgehead atoms. The molecule has 2 N–H and O–H groups in total. The average Bonchev–Trinajstić information content (AvgIpc) is 2.64. The van der Waals surface area contributed by atoms with Gasteiger partial charge in [0.1, 0.15) is 5.60 Å². The largest absolute Gasteiger partial charge is 0.376 e. The van der Waals surface area contributed by atoms with Crippen LogP contribution < -0.4 is 5.32 Å². The summed E-state index contributed by atoms with van der Waals surface area (Å²) in [6.45, 7) is 2.15. The second kappa shape index (κ2) is 7.66. The van der Waals surface area contributed by atoms with Crippen molar-refractivity contribution in [2.75, 3.05) is 0 Å². The minimum absolute atomic E-state index is 0.00216. The first-order valence-electron chi connectivity index (χ1n) is 8.79. The van der Waals surface area contributed by atoms with E-state index in [2.05, 4.69) is 48.3 Å². The molecule has 1 saturated carbocycles. The van der Waals surface area contributed by atoms with Gasteiger partial charge in [0.25, 0.3) is 0 Å². The lowest BCUT2D eigenvalue weighted by Crippen LogP contribution is -2.52. The highest BCUT2D eigenvalue weighted by molar-refractivity contribution is 5.37. The van der Waals surface area contributed by atoms with E-state index in [9.17, 15) is 5.11 Å². The second-order valence-corrected chi connectivity index (χ2v) is 6.64. The molecular formula is C22H25NO. The third-order valence-electron chi connectivity index (χ3n) is 4.83. The Morgan fingerprint density at radius 2 is 1.71 bits per heavy atom. The number of rotatable bonds is 3. The van der Waals surface area contributed by atoms with Gasteiger partial charge >= 0.3 is 0 Å². The molecule has 1 aliphatic rings. The van der Waals surface area contributed by atoms with Gasteiger partial charge in [0, 0.05) is 17.6 Å². The normalized spacial score (nSPS) is 24.7. The topological polar surface area (TPSA) is 32.3 Å². The Morgan fingerprint density at radius 3 is 2.42 bits per heavy atom. The van der Waals surface area contributed by atoms with Crippen LogP contribution >= 0.6 is 0 Å². The molecule has 3 rings (SSSR count). The van der Waals surface area contributed by atoms with Gasteiger partial charge in [-0.05, 0) is 43.9 Å². The fraction of sp³-hybridized carbons (Fsp3) is 0.364. The van der Waals surface area contributed by atoms with Crippen LogP contribution in [0.25, 0.3) is 0 Å². The summed E-state index contributed by atoms with van der Waals surface area (Å²) < 4.78 is 0. The second-order valence-electron chi connectivity index (χ2n) is 6.64. The Balaban J connectivity index is 1.76. The SMILES string of the molecule is C[C@H](N[C@H]1CCCC[C@@]1(O)C#Cc1ccccc1)c1ccccc1. The summed E-state index contributed by atoms with van der Waals surface area (Å²) in [5, 5.41) is 14.8. The van der Waals surface area contributed by atoms with Crippen LogP contribution in [0.5, 0.6) is 0 Å². The molecule has 124 valence electrons. The number of nitrogens with one attached hydrogen (secondary N) is 1. The highest BCUT2D eigenvalue weighted by Crippen LogP contribution is 2.30. The first-order valence-corrected chi connectivity index (χ1v) is 8.79. The molecule has 0 amide bonds. The highest BCUT2D eigenvalue weighted by atomic mass is 16.3. The monoisotopic (exact) mass is 319 g/mol. The van der Waals surface area contributed by atoms with Gasteiger partial charge in [-0.3, -0.25) is 0 Å². The minimum atomic E-state index is -0.961. The minimum Gasteiger partial charge on any atom is -0.376 e. The molecule has 1 aliphatic carbocycles. The summed E-state index contributed by atoms with van der Waals surface area (Å²) in [4.78, 5) is 0. The van der Waals surface area contributed by atoms with E-state index in [0.29, 0.717) is 0 Å². The smallest absolute Gasteiger partial charge is 0.141 e. The van der Waals surface area contributed by atoms with Gasteiger partial charge in [0.05, 0.1) is 0 Å². The van der Waals surface area contributed by atoms with E-state index in [1.165, 1.54) is 5.56 Å². The molecule has 2 nitrogen and oxygen atoms in total. The third kappa shape index (κ3) is 4.06. The van der Waals surface area contributed by atoms with Crippen LogP contribution in [0.3, 0.4) is 0 Å². The summed E-state index contributed by atoms with van der Waals surface area (Å²) in [6.07, 6.45) is 3.84. The maximum atomic E-state index is 11.2. The predicted molar refractivity (Wildman–Crippen MR) is 98.5 cm³/mol. The van der Waals surface area contributed by atoms with Crippen molar-refractivity contribution < 1.29 is 5.11 Å². The van der Waals surface area contributed by atoms with Crippen LogP contribution in [0.4, 0.5) is 0 Å². The zero-order valence-corrected chi connectivity index (χ0v) is 14.2. The molecule has 0 aromatic heterocycles. The van der Waals surface area contributed by atoms with Crippen molar-refractivity contribution in [3.05, 3.63) is 71.8 Å².